The van der Waals surface area contributed by atoms with Crippen LogP contribution < -0.4 is 0 Å². The number of unbranched alkanes of at least 4 members (excludes halogenated alkanes) is 14. The Hall–Kier alpha value is -2.91. The van der Waals surface area contributed by atoms with Crippen molar-refractivity contribution in [1.82, 2.24) is 0 Å². The van der Waals surface area contributed by atoms with Gasteiger partial charge in [-0.2, -0.15) is 149 Å². The van der Waals surface area contributed by atoms with Gasteiger partial charge in [0.1, 0.15) is 5.60 Å². The minimum Gasteiger partial charge on any atom is -0.459 e. The number of halogens is 34. The Morgan fingerprint density at radius 2 is 0.474 bits per heavy atom. The summed E-state index contributed by atoms with van der Waals surface area (Å²) in [6, 6.07) is 0. The van der Waals surface area contributed by atoms with Crippen LogP contribution in [0.15, 0.2) is 0 Å². The highest BCUT2D eigenvalue weighted by atomic mass is 19.4. The average molecular weight is 1200 g/mol. The van der Waals surface area contributed by atoms with Crippen LogP contribution in [0, 0.1) is 0 Å². The van der Waals surface area contributed by atoms with Gasteiger partial charge in [0, 0.05) is 19.3 Å². The third kappa shape index (κ3) is 13.8. The topological polar surface area (TPSA) is 26.3 Å². The minimum atomic E-state index is -9.18. The predicted octanol–water partition coefficient (Wildman–Crippen LogP) is 19.1. The van der Waals surface area contributed by atoms with Crippen LogP contribution >= 0.6 is 0 Å². The highest BCUT2D eigenvalue weighted by Gasteiger charge is 2.97. The normalized spacial score (nSPS) is 15.7. The molecule has 0 unspecified atom stereocenters. The fraction of sp³-hybridized carbons (Fsp3) is 0.975. The van der Waals surface area contributed by atoms with E-state index in [1.54, 1.807) is 0 Å². The summed E-state index contributed by atoms with van der Waals surface area (Å²) in [4.78, 5) is 12.6. The van der Waals surface area contributed by atoms with Gasteiger partial charge in [0.05, 0.1) is 0 Å². The van der Waals surface area contributed by atoms with E-state index < -0.39 is 145 Å². The van der Waals surface area contributed by atoms with Crippen molar-refractivity contribution in [3.63, 3.8) is 0 Å². The summed E-state index contributed by atoms with van der Waals surface area (Å²) in [5, 5.41) is 0. The molecular formula is C40H46F34O2. The van der Waals surface area contributed by atoms with Crippen LogP contribution in [-0.4, -0.2) is 107 Å². The van der Waals surface area contributed by atoms with E-state index in [0.717, 1.165) is 57.8 Å². The lowest BCUT2D eigenvalue weighted by molar-refractivity contribution is -0.462. The van der Waals surface area contributed by atoms with E-state index in [1.165, 1.54) is 0 Å². The van der Waals surface area contributed by atoms with E-state index in [-0.39, 0.29) is 19.8 Å². The first-order valence-corrected chi connectivity index (χ1v) is 22.0. The van der Waals surface area contributed by atoms with E-state index in [4.69, 9.17) is 0 Å². The molecule has 0 aromatic rings. The average Bonchev–Trinajstić information content (AvgIpc) is 3.24. The molecule has 0 spiro atoms. The summed E-state index contributed by atoms with van der Waals surface area (Å²) in [5.41, 5.74) is -4.06. The monoisotopic (exact) mass is 1200 g/mol. The van der Waals surface area contributed by atoms with Gasteiger partial charge in [-0.3, -0.25) is 4.79 Å². The van der Waals surface area contributed by atoms with E-state index in [0.29, 0.717) is 19.3 Å². The molecule has 0 amide bonds. The molecule has 0 aromatic carbocycles. The number of esters is 1. The molecule has 2 nitrogen and oxygen atoms in total. The van der Waals surface area contributed by atoms with Crippen LogP contribution in [0.5, 0.6) is 0 Å². The number of carbonyl (C=O) groups is 1. The van der Waals surface area contributed by atoms with Crippen molar-refractivity contribution < 1.29 is 159 Å². The van der Waals surface area contributed by atoms with Crippen molar-refractivity contribution in [2.75, 3.05) is 0 Å². The van der Waals surface area contributed by atoms with Crippen molar-refractivity contribution in [2.45, 2.75) is 243 Å². The number of hydrogen-bond acceptors (Lipinski definition) is 2. The van der Waals surface area contributed by atoms with Gasteiger partial charge in [-0.1, -0.05) is 96.8 Å². The molecule has 0 heterocycles. The first-order chi connectivity index (χ1) is 33.4. The van der Waals surface area contributed by atoms with Gasteiger partial charge in [-0.05, 0) is 26.2 Å². The SMILES string of the molecule is CCCCCCCCCCCCCCCCCC(=O)OC(C)(CCC(F)(F)C(F)(F)C(F)(F)C(F)(F)C(F)(F)C(F)(F)C(F)(F)C(F)(F)F)CCC(F)(F)C(F)(F)C(F)(F)C(F)(F)C(F)(F)C(F)(F)C(F)(F)C(F)(F)F. The zero-order valence-electron chi connectivity index (χ0n) is 38.8. The summed E-state index contributed by atoms with van der Waals surface area (Å²) in [5.74, 6) is -124. The Balaban J connectivity index is 6.96. The highest BCUT2D eigenvalue weighted by molar-refractivity contribution is 5.69. The van der Waals surface area contributed by atoms with E-state index in [9.17, 15) is 154 Å². The number of ether oxygens (including phenoxy) is 1. The van der Waals surface area contributed by atoms with Crippen LogP contribution in [0.4, 0.5) is 149 Å². The second kappa shape index (κ2) is 24.0. The molecule has 0 aliphatic heterocycles. The first-order valence-electron chi connectivity index (χ1n) is 22.0. The number of carbonyl (C=O) groups excluding carboxylic acids is 1. The zero-order valence-corrected chi connectivity index (χ0v) is 38.8. The molecule has 456 valence electrons. The van der Waals surface area contributed by atoms with Crippen molar-refractivity contribution in [3.05, 3.63) is 0 Å². The number of hydrogen-bond donors (Lipinski definition) is 0. The van der Waals surface area contributed by atoms with Crippen LogP contribution in [0.1, 0.15) is 142 Å². The third-order valence-electron chi connectivity index (χ3n) is 11.9. The quantitative estimate of drug-likeness (QED) is 0.0359. The standard InChI is InChI=1S/C40H46F34O2/c1-3-4-5-6-7-8-9-10-11-12-13-14-15-16-17-18-23(75)76-24(2,19-21-25(41,42)27(45,46)29(49,50)31(53,54)33(57,58)35(61,62)37(65,66)39(69,70)71)20-22-26(43,44)28(47,48)30(51,52)32(55,56)34(59,60)36(63,64)38(67,68)40(72,73)74/h3-22H2,1-2H3. The van der Waals surface area contributed by atoms with Gasteiger partial charge in [0.25, 0.3) is 0 Å². The second-order valence-corrected chi connectivity index (χ2v) is 17.9. The van der Waals surface area contributed by atoms with Crippen LogP contribution in [0.3, 0.4) is 0 Å². The van der Waals surface area contributed by atoms with Crippen molar-refractivity contribution in [1.29, 1.82) is 0 Å². The molecule has 0 radical (unpaired) electrons. The summed E-state index contributed by atoms with van der Waals surface area (Å²) < 4.78 is 474. The fourth-order valence-corrected chi connectivity index (χ4v) is 6.74. The molecule has 0 aliphatic carbocycles. The minimum absolute atomic E-state index is 0.0814. The van der Waals surface area contributed by atoms with Crippen LogP contribution in [0.2, 0.25) is 0 Å². The molecule has 0 atom stereocenters. The van der Waals surface area contributed by atoms with Gasteiger partial charge in [-0.25, -0.2) is 0 Å². The van der Waals surface area contributed by atoms with Gasteiger partial charge in [0.2, 0.25) is 0 Å². The van der Waals surface area contributed by atoms with Gasteiger partial charge >= 0.3 is 101 Å². The molecule has 0 N–H and O–H groups in total. The maximum Gasteiger partial charge on any atom is 0.460 e. The highest BCUT2D eigenvalue weighted by Crippen LogP contribution is 2.66. The smallest absolute Gasteiger partial charge is 0.459 e. The zero-order chi connectivity index (χ0) is 60.9. The Kier molecular flexibility index (Phi) is 23.1. The largest absolute Gasteiger partial charge is 0.460 e. The van der Waals surface area contributed by atoms with Crippen molar-refractivity contribution in [2.24, 2.45) is 0 Å². The Morgan fingerprint density at radius 3 is 0.697 bits per heavy atom. The molecule has 0 aliphatic rings. The van der Waals surface area contributed by atoms with E-state index in [1.807, 2.05) is 6.92 Å². The summed E-state index contributed by atoms with van der Waals surface area (Å²) in [6.07, 6.45) is -20.7. The van der Waals surface area contributed by atoms with Gasteiger partial charge in [-0.15, -0.1) is 0 Å². The molecule has 0 bridgehead atoms. The summed E-state index contributed by atoms with van der Waals surface area (Å²) >= 11 is 0. The fourth-order valence-electron chi connectivity index (χ4n) is 6.74. The van der Waals surface area contributed by atoms with Gasteiger partial charge in [0.15, 0.2) is 0 Å². The first kappa shape index (κ1) is 73.1. The molecule has 0 aromatic heterocycles. The molecule has 0 rings (SSSR count). The second-order valence-electron chi connectivity index (χ2n) is 17.9. The lowest BCUT2D eigenvalue weighted by Crippen LogP contribution is -2.74. The number of alkyl halides is 34. The maximum atomic E-state index is 14.9. The third-order valence-corrected chi connectivity index (χ3v) is 11.9. The van der Waals surface area contributed by atoms with Gasteiger partial charge < -0.3 is 4.74 Å². The molecule has 76 heavy (non-hydrogen) atoms. The van der Waals surface area contributed by atoms with Crippen LogP contribution in [0.25, 0.3) is 0 Å². The van der Waals surface area contributed by atoms with Crippen molar-refractivity contribution in [3.8, 4) is 0 Å². The lowest BCUT2D eigenvalue weighted by Gasteiger charge is -2.43. The van der Waals surface area contributed by atoms with E-state index >= 15 is 0 Å². The van der Waals surface area contributed by atoms with Crippen LogP contribution in [-0.2, 0) is 9.53 Å². The molecule has 0 fully saturated rings. The predicted molar refractivity (Wildman–Crippen MR) is 194 cm³/mol. The molecular weight excluding hydrogens is 1160 g/mol. The summed E-state index contributed by atoms with van der Waals surface area (Å²) in [6.45, 7) is 1.70. The molecule has 0 saturated heterocycles. The maximum absolute atomic E-state index is 14.9. The molecule has 36 heteroatoms. The Morgan fingerprint density at radius 1 is 0.276 bits per heavy atom. The number of rotatable bonds is 35. The lowest BCUT2D eigenvalue weighted by atomic mass is 9.83. The van der Waals surface area contributed by atoms with E-state index in [2.05, 4.69) is 4.74 Å². The molecule has 0 saturated carbocycles. The van der Waals surface area contributed by atoms with Crippen molar-refractivity contribution >= 4 is 5.97 Å². The Bertz CT molecular complexity index is 1710. The Labute approximate surface area is 408 Å². The summed E-state index contributed by atoms with van der Waals surface area (Å²) in [7, 11) is 0.